The van der Waals surface area contributed by atoms with Crippen molar-refractivity contribution in [2.45, 2.75) is 83.3 Å². The number of alkyl halides is 4. The summed E-state index contributed by atoms with van der Waals surface area (Å²) < 4.78 is 90.7. The average molecular weight is 800 g/mol. The topological polar surface area (TPSA) is 127 Å². The number of halogens is 7. The predicted molar refractivity (Wildman–Crippen MR) is 196 cm³/mol. The van der Waals surface area contributed by atoms with Gasteiger partial charge in [0, 0.05) is 60.7 Å². The molecule has 7 rings (SSSR count). The zero-order valence-electron chi connectivity index (χ0n) is 30.6. The molecular weight excluding hydrogens is 764 g/mol. The lowest BCUT2D eigenvalue weighted by atomic mass is 9.73. The number of aliphatic imine (C=N–C) groups is 1. The third-order valence-electron chi connectivity index (χ3n) is 10.1. The fourth-order valence-electron chi connectivity index (χ4n) is 7.72. The zero-order chi connectivity index (χ0) is 40.4. The Labute approximate surface area is 321 Å². The molecule has 5 aromatic rings. The Bertz CT molecular complexity index is 2420. The molecule has 1 fully saturated rings. The van der Waals surface area contributed by atoms with Crippen molar-refractivity contribution in [2.24, 2.45) is 18.0 Å². The smallest absolute Gasteiger partial charge is 0.293 e. The van der Waals surface area contributed by atoms with Gasteiger partial charge in [-0.1, -0.05) is 30.7 Å². The van der Waals surface area contributed by atoms with Crippen molar-refractivity contribution in [3.63, 3.8) is 0 Å². The highest BCUT2D eigenvalue weighted by molar-refractivity contribution is 6.37. The van der Waals surface area contributed by atoms with E-state index in [1.54, 1.807) is 52.1 Å². The summed E-state index contributed by atoms with van der Waals surface area (Å²) in [6.45, 7) is 3.83. The largest absolute Gasteiger partial charge is 0.390 e. The van der Waals surface area contributed by atoms with Crippen LogP contribution in [0.5, 0.6) is 0 Å². The van der Waals surface area contributed by atoms with Gasteiger partial charge in [0.2, 0.25) is 5.91 Å². The molecule has 2 aromatic carbocycles. The lowest BCUT2D eigenvalue weighted by Gasteiger charge is -2.34. The van der Waals surface area contributed by atoms with Crippen LogP contribution in [0.4, 0.5) is 32.2 Å². The summed E-state index contributed by atoms with van der Waals surface area (Å²) in [4.78, 5) is 35.4. The number of nitrogens with one attached hydrogen (secondary N) is 1. The first-order valence-corrected chi connectivity index (χ1v) is 18.2. The van der Waals surface area contributed by atoms with E-state index in [4.69, 9.17) is 16.6 Å². The maximum Gasteiger partial charge on any atom is 0.293 e. The fourth-order valence-corrected chi connectivity index (χ4v) is 7.96. The Kier molecular flexibility index (Phi) is 10.1. The van der Waals surface area contributed by atoms with Crippen LogP contribution in [0, 0.1) is 17.6 Å². The highest BCUT2D eigenvalue weighted by atomic mass is 35.5. The van der Waals surface area contributed by atoms with Gasteiger partial charge in [0.15, 0.2) is 5.82 Å². The molecule has 294 valence electrons. The normalized spacial score (nSPS) is 17.6. The lowest BCUT2D eigenvalue weighted by Crippen LogP contribution is -2.33. The van der Waals surface area contributed by atoms with Gasteiger partial charge in [-0.25, -0.2) is 22.6 Å². The van der Waals surface area contributed by atoms with Gasteiger partial charge in [-0.05, 0) is 62.4 Å². The average Bonchev–Trinajstić information content (AvgIpc) is 3.65. The first-order chi connectivity index (χ1) is 26.4. The summed E-state index contributed by atoms with van der Waals surface area (Å²) in [5.74, 6) is -8.57. The maximum absolute atomic E-state index is 15.6. The highest BCUT2D eigenvalue weighted by Crippen LogP contribution is 2.63. The summed E-state index contributed by atoms with van der Waals surface area (Å²) in [5.41, 5.74) is -1.68. The van der Waals surface area contributed by atoms with Gasteiger partial charge in [-0.15, -0.1) is 0 Å². The van der Waals surface area contributed by atoms with Crippen LogP contribution < -0.4 is 5.32 Å². The Morgan fingerprint density at radius 3 is 2.39 bits per heavy atom. The minimum absolute atomic E-state index is 0.0103. The SMILES string of the molecule is CCC(=O)Nc1nn(C)c2c(-c3ccc(CC(C)(C)O)nc3C(Cc3cc(F)cc(F)c3)=NC(=O)Cn3nc(C(F)F)c4c3C(F)(F)[C@@H]3CC[C@H]43)ccc(Cl)c12. The second kappa shape index (κ2) is 14.4. The van der Waals surface area contributed by atoms with Crippen molar-refractivity contribution in [3.05, 3.63) is 93.0 Å². The number of fused-ring (bicyclic) bond motifs is 4. The van der Waals surface area contributed by atoms with E-state index in [2.05, 4.69) is 20.5 Å². The van der Waals surface area contributed by atoms with E-state index >= 15 is 8.78 Å². The molecule has 2 aliphatic rings. The number of aliphatic hydroxyl groups is 1. The lowest BCUT2D eigenvalue weighted by molar-refractivity contribution is -0.119. The third kappa shape index (κ3) is 7.20. The second-order valence-electron chi connectivity index (χ2n) is 14.8. The molecule has 2 amide bonds. The molecule has 1 saturated carbocycles. The van der Waals surface area contributed by atoms with Gasteiger partial charge in [-0.3, -0.25) is 23.9 Å². The van der Waals surface area contributed by atoms with Gasteiger partial charge in [0.25, 0.3) is 18.3 Å². The molecule has 17 heteroatoms. The van der Waals surface area contributed by atoms with Gasteiger partial charge < -0.3 is 10.4 Å². The first-order valence-electron chi connectivity index (χ1n) is 17.9. The van der Waals surface area contributed by atoms with Gasteiger partial charge in [0.05, 0.1) is 32.9 Å². The number of anilines is 1. The van der Waals surface area contributed by atoms with E-state index in [9.17, 15) is 32.3 Å². The number of carbonyl (C=O) groups is 2. The zero-order valence-corrected chi connectivity index (χ0v) is 31.4. The van der Waals surface area contributed by atoms with E-state index in [-0.39, 0.29) is 65.0 Å². The van der Waals surface area contributed by atoms with Crippen LogP contribution >= 0.6 is 11.6 Å². The monoisotopic (exact) mass is 799 g/mol. The van der Waals surface area contributed by atoms with E-state index in [0.717, 1.165) is 12.1 Å². The minimum Gasteiger partial charge on any atom is -0.390 e. The molecule has 2 N–H and O–H groups in total. The molecule has 3 aromatic heterocycles. The molecule has 0 saturated heterocycles. The van der Waals surface area contributed by atoms with Crippen LogP contribution in [-0.2, 0) is 41.9 Å². The summed E-state index contributed by atoms with van der Waals surface area (Å²) in [6.07, 6.45) is -2.99. The maximum atomic E-state index is 15.6. The molecule has 0 aliphatic heterocycles. The molecule has 0 unspecified atom stereocenters. The first kappa shape index (κ1) is 39.2. The molecule has 2 atom stereocenters. The number of nitrogens with zero attached hydrogens (tertiary/aromatic N) is 6. The van der Waals surface area contributed by atoms with Crippen LogP contribution in [0.1, 0.15) is 86.3 Å². The van der Waals surface area contributed by atoms with Crippen LogP contribution in [0.15, 0.2) is 47.5 Å². The van der Waals surface area contributed by atoms with E-state index in [0.29, 0.717) is 38.5 Å². The van der Waals surface area contributed by atoms with E-state index in [1.165, 1.54) is 4.68 Å². The van der Waals surface area contributed by atoms with Crippen LogP contribution in [0.2, 0.25) is 5.02 Å². The number of amides is 2. The summed E-state index contributed by atoms with van der Waals surface area (Å²) >= 11 is 6.65. The number of aryl methyl sites for hydroxylation is 1. The third-order valence-corrected chi connectivity index (χ3v) is 10.5. The molecule has 0 radical (unpaired) electrons. The Morgan fingerprint density at radius 1 is 1.07 bits per heavy atom. The summed E-state index contributed by atoms with van der Waals surface area (Å²) in [7, 11) is 1.62. The quantitative estimate of drug-likeness (QED) is 0.102. The van der Waals surface area contributed by atoms with Crippen molar-refractivity contribution in [3.8, 4) is 11.1 Å². The summed E-state index contributed by atoms with van der Waals surface area (Å²) in [6, 6.07) is 9.19. The van der Waals surface area contributed by atoms with Gasteiger partial charge in [0.1, 0.15) is 29.6 Å². The second-order valence-corrected chi connectivity index (χ2v) is 15.2. The molecule has 2 aliphatic carbocycles. The fraction of sp³-hybridized carbons (Fsp3) is 0.385. The Balaban J connectivity index is 1.42. The molecule has 0 spiro atoms. The molecule has 56 heavy (non-hydrogen) atoms. The number of pyridine rings is 1. The summed E-state index contributed by atoms with van der Waals surface area (Å²) in [5, 5.41) is 22.3. The van der Waals surface area contributed by atoms with Crippen LogP contribution in [0.25, 0.3) is 22.0 Å². The Hall–Kier alpha value is -5.09. The van der Waals surface area contributed by atoms with Crippen LogP contribution in [0.3, 0.4) is 0 Å². The number of hydrogen-bond donors (Lipinski definition) is 2. The van der Waals surface area contributed by atoms with Gasteiger partial charge in [-0.2, -0.15) is 19.0 Å². The van der Waals surface area contributed by atoms with Crippen molar-refractivity contribution in [2.75, 3.05) is 5.32 Å². The van der Waals surface area contributed by atoms with Crippen molar-refractivity contribution in [1.29, 1.82) is 0 Å². The molecule has 3 heterocycles. The Morgan fingerprint density at radius 2 is 1.77 bits per heavy atom. The molecular formula is C39H36ClF6N7O3. The van der Waals surface area contributed by atoms with E-state index < -0.39 is 71.7 Å². The van der Waals surface area contributed by atoms with Crippen LogP contribution in [-0.4, -0.2) is 52.8 Å². The van der Waals surface area contributed by atoms with E-state index in [1.807, 2.05) is 0 Å². The van der Waals surface area contributed by atoms with Crippen molar-refractivity contribution >= 4 is 45.8 Å². The standard InChI is InChI=1S/C39H36ClF6N7O3/c1-5-28(54)49-37-31-26(40)11-9-23(34(31)52(4)51-37)22-7-6-21(16-38(2,3)56)47-32(22)27(14-18-12-19(41)15-20(42)13-18)48-29(55)17-53-35-30(33(50-53)36(43)44)24-8-10-25(24)39(35,45)46/h6-7,9,11-13,15,24-25,36,56H,5,8,10,14,16-17H2,1-4H3,(H,49,51,54)/t24-,25+/m0/s1. The number of carbonyl (C=O) groups excluding carboxylic acids is 2. The number of hydrogen-bond acceptors (Lipinski definition) is 6. The molecule has 10 nitrogen and oxygen atoms in total. The minimum atomic E-state index is -3.51. The number of rotatable bonds is 11. The number of aromatic nitrogens is 5. The van der Waals surface area contributed by atoms with Gasteiger partial charge >= 0.3 is 0 Å². The van der Waals surface area contributed by atoms with Crippen molar-refractivity contribution < 1.29 is 41.0 Å². The number of benzene rings is 2. The van der Waals surface area contributed by atoms with Crippen molar-refractivity contribution in [1.82, 2.24) is 24.5 Å². The predicted octanol–water partition coefficient (Wildman–Crippen LogP) is 8.22. The highest BCUT2D eigenvalue weighted by Gasteiger charge is 2.62. The molecule has 0 bridgehead atoms.